The largest absolute Gasteiger partial charge is 0.507 e. The minimum Gasteiger partial charge on any atom is -0.507 e. The zero-order valence-corrected chi connectivity index (χ0v) is 6.34. The van der Waals surface area contributed by atoms with E-state index in [0.29, 0.717) is 0 Å². The van der Waals surface area contributed by atoms with E-state index in [0.717, 1.165) is 0 Å². The van der Waals surface area contributed by atoms with Gasteiger partial charge in [-0.05, 0) is 12.1 Å². The first-order chi connectivity index (χ1) is 5.16. The SMILES string of the molecule is N#Cc1c(O)ccc(O)c1S. The van der Waals surface area contributed by atoms with E-state index in [1.165, 1.54) is 12.1 Å². The average Bonchev–Trinajstić information content (AvgIpc) is 1.99. The van der Waals surface area contributed by atoms with E-state index >= 15 is 0 Å². The molecule has 4 heteroatoms. The van der Waals surface area contributed by atoms with Gasteiger partial charge in [0, 0.05) is 0 Å². The molecule has 0 spiro atoms. The minimum atomic E-state index is -0.171. The zero-order chi connectivity index (χ0) is 8.43. The van der Waals surface area contributed by atoms with E-state index < -0.39 is 0 Å². The van der Waals surface area contributed by atoms with Gasteiger partial charge in [-0.25, -0.2) is 0 Å². The molecule has 1 aromatic rings. The van der Waals surface area contributed by atoms with Gasteiger partial charge in [-0.3, -0.25) is 0 Å². The van der Waals surface area contributed by atoms with Crippen molar-refractivity contribution >= 4 is 12.6 Å². The highest BCUT2D eigenvalue weighted by atomic mass is 32.1. The number of hydrogen-bond acceptors (Lipinski definition) is 4. The Morgan fingerprint density at radius 3 is 2.27 bits per heavy atom. The van der Waals surface area contributed by atoms with Crippen molar-refractivity contribution in [2.24, 2.45) is 0 Å². The molecule has 0 aliphatic rings. The molecule has 0 atom stereocenters. The summed E-state index contributed by atoms with van der Waals surface area (Å²) in [4.78, 5) is 0.104. The molecule has 0 fully saturated rings. The van der Waals surface area contributed by atoms with Crippen LogP contribution in [-0.2, 0) is 0 Å². The Bertz CT molecular complexity index is 330. The quantitative estimate of drug-likeness (QED) is 0.402. The van der Waals surface area contributed by atoms with Gasteiger partial charge in [0.1, 0.15) is 23.1 Å². The second kappa shape index (κ2) is 2.72. The first kappa shape index (κ1) is 7.76. The van der Waals surface area contributed by atoms with Crippen molar-refractivity contribution in [3.05, 3.63) is 17.7 Å². The number of aromatic hydroxyl groups is 2. The van der Waals surface area contributed by atoms with E-state index in [-0.39, 0.29) is 22.0 Å². The highest BCUT2D eigenvalue weighted by Crippen LogP contribution is 2.30. The fourth-order valence-electron chi connectivity index (χ4n) is 0.680. The summed E-state index contributed by atoms with van der Waals surface area (Å²) in [5, 5.41) is 26.5. The molecule has 11 heavy (non-hydrogen) atoms. The average molecular weight is 167 g/mol. The molecule has 0 heterocycles. The van der Waals surface area contributed by atoms with E-state index in [9.17, 15) is 0 Å². The molecule has 0 bridgehead atoms. The third-order valence-electron chi connectivity index (χ3n) is 1.25. The Balaban J connectivity index is 3.44. The molecule has 1 rings (SSSR count). The molecule has 2 N–H and O–H groups in total. The fourth-order valence-corrected chi connectivity index (χ4v) is 0.919. The maximum Gasteiger partial charge on any atom is 0.134 e. The highest BCUT2D eigenvalue weighted by Gasteiger charge is 2.07. The van der Waals surface area contributed by atoms with Crippen LogP contribution < -0.4 is 0 Å². The fraction of sp³-hybridized carbons (Fsp3) is 0. The van der Waals surface area contributed by atoms with E-state index in [1.54, 1.807) is 6.07 Å². The number of phenolic OH excluding ortho intramolecular Hbond substituents is 2. The summed E-state index contributed by atoms with van der Waals surface area (Å²) in [7, 11) is 0. The molecule has 0 aliphatic carbocycles. The van der Waals surface area contributed by atoms with Crippen molar-refractivity contribution in [1.82, 2.24) is 0 Å². The number of nitrogens with zero attached hydrogens (tertiary/aromatic N) is 1. The Kier molecular flexibility index (Phi) is 1.92. The van der Waals surface area contributed by atoms with Gasteiger partial charge < -0.3 is 10.2 Å². The highest BCUT2D eigenvalue weighted by molar-refractivity contribution is 7.80. The molecule has 1 aromatic carbocycles. The lowest BCUT2D eigenvalue weighted by atomic mass is 10.2. The normalized spacial score (nSPS) is 9.09. The molecule has 0 saturated heterocycles. The van der Waals surface area contributed by atoms with Crippen LogP contribution in [0.5, 0.6) is 11.5 Å². The first-order valence-electron chi connectivity index (χ1n) is 2.81. The summed E-state index contributed by atoms with van der Waals surface area (Å²) in [5.74, 6) is -0.280. The molecule has 0 amide bonds. The summed E-state index contributed by atoms with van der Waals surface area (Å²) in [6.45, 7) is 0. The predicted octanol–water partition coefficient (Wildman–Crippen LogP) is 1.26. The number of nitriles is 1. The summed E-state index contributed by atoms with van der Waals surface area (Å²) in [5.41, 5.74) is -0.00617. The van der Waals surface area contributed by atoms with Crippen molar-refractivity contribution in [3.63, 3.8) is 0 Å². The molecule has 0 aliphatic heterocycles. The van der Waals surface area contributed by atoms with Gasteiger partial charge >= 0.3 is 0 Å². The minimum absolute atomic E-state index is 0.00617. The van der Waals surface area contributed by atoms with Crippen LogP contribution in [0.15, 0.2) is 17.0 Å². The van der Waals surface area contributed by atoms with Crippen LogP contribution in [0.25, 0.3) is 0 Å². The maximum absolute atomic E-state index is 9.03. The van der Waals surface area contributed by atoms with E-state index in [4.69, 9.17) is 15.5 Å². The predicted molar refractivity (Wildman–Crippen MR) is 41.7 cm³/mol. The summed E-state index contributed by atoms with van der Waals surface area (Å²) < 4.78 is 0. The second-order valence-corrected chi connectivity index (χ2v) is 2.39. The number of thiol groups is 1. The van der Waals surface area contributed by atoms with Gasteiger partial charge in [0.15, 0.2) is 0 Å². The van der Waals surface area contributed by atoms with Crippen LogP contribution in [-0.4, -0.2) is 10.2 Å². The van der Waals surface area contributed by atoms with Gasteiger partial charge in [-0.15, -0.1) is 12.6 Å². The Labute approximate surface area is 68.9 Å². The number of hydrogen-bond donors (Lipinski definition) is 3. The summed E-state index contributed by atoms with van der Waals surface area (Å²) >= 11 is 3.83. The standard InChI is InChI=1S/C7H5NO2S/c8-3-4-5(9)1-2-6(10)7(4)11/h1-2,9-11H. The van der Waals surface area contributed by atoms with E-state index in [1.807, 2.05) is 0 Å². The van der Waals surface area contributed by atoms with Crippen LogP contribution in [0.2, 0.25) is 0 Å². The smallest absolute Gasteiger partial charge is 0.134 e. The van der Waals surface area contributed by atoms with E-state index in [2.05, 4.69) is 12.6 Å². The van der Waals surface area contributed by atoms with Gasteiger partial charge in [0.2, 0.25) is 0 Å². The van der Waals surface area contributed by atoms with Crippen LogP contribution in [0, 0.1) is 11.3 Å². The van der Waals surface area contributed by atoms with Crippen LogP contribution in [0.1, 0.15) is 5.56 Å². The van der Waals surface area contributed by atoms with Crippen molar-refractivity contribution in [2.45, 2.75) is 4.90 Å². The molecule has 0 radical (unpaired) electrons. The first-order valence-corrected chi connectivity index (χ1v) is 3.25. The molecule has 56 valence electrons. The lowest BCUT2D eigenvalue weighted by molar-refractivity contribution is 0.447. The maximum atomic E-state index is 9.03. The van der Waals surface area contributed by atoms with Crippen LogP contribution >= 0.6 is 12.6 Å². The number of benzene rings is 1. The van der Waals surface area contributed by atoms with Crippen LogP contribution in [0.3, 0.4) is 0 Å². The Hall–Kier alpha value is -1.34. The Morgan fingerprint density at radius 2 is 1.82 bits per heavy atom. The third-order valence-corrected chi connectivity index (χ3v) is 1.70. The van der Waals surface area contributed by atoms with Crippen molar-refractivity contribution in [2.75, 3.05) is 0 Å². The summed E-state index contributed by atoms with van der Waals surface area (Å²) in [6, 6.07) is 4.24. The Morgan fingerprint density at radius 1 is 1.27 bits per heavy atom. The topological polar surface area (TPSA) is 64.2 Å². The van der Waals surface area contributed by atoms with Crippen molar-refractivity contribution in [1.29, 1.82) is 5.26 Å². The molecular formula is C7H5NO2S. The lowest BCUT2D eigenvalue weighted by Crippen LogP contribution is -1.79. The molecule has 0 saturated carbocycles. The van der Waals surface area contributed by atoms with Gasteiger partial charge in [0.05, 0.1) is 4.90 Å². The zero-order valence-electron chi connectivity index (χ0n) is 5.44. The third kappa shape index (κ3) is 1.23. The molecule has 3 nitrogen and oxygen atoms in total. The van der Waals surface area contributed by atoms with Crippen molar-refractivity contribution in [3.8, 4) is 17.6 Å². The van der Waals surface area contributed by atoms with Gasteiger partial charge in [-0.2, -0.15) is 5.26 Å². The second-order valence-electron chi connectivity index (χ2n) is 1.94. The molecular weight excluding hydrogens is 162 g/mol. The molecule has 0 aromatic heterocycles. The van der Waals surface area contributed by atoms with Gasteiger partial charge in [0.25, 0.3) is 0 Å². The summed E-state index contributed by atoms with van der Waals surface area (Å²) in [6.07, 6.45) is 0. The van der Waals surface area contributed by atoms with Crippen LogP contribution in [0.4, 0.5) is 0 Å². The molecule has 0 unspecified atom stereocenters. The monoisotopic (exact) mass is 167 g/mol. The number of phenols is 2. The van der Waals surface area contributed by atoms with Gasteiger partial charge in [-0.1, -0.05) is 0 Å². The lowest BCUT2D eigenvalue weighted by Gasteiger charge is -2.00. The van der Waals surface area contributed by atoms with Crippen molar-refractivity contribution < 1.29 is 10.2 Å². The number of rotatable bonds is 0.